The van der Waals surface area contributed by atoms with E-state index in [2.05, 4.69) is 17.9 Å². The molecule has 2 heterocycles. The van der Waals surface area contributed by atoms with E-state index >= 15 is 0 Å². The number of piperidine rings is 1. The average molecular weight is 266 g/mol. The summed E-state index contributed by atoms with van der Waals surface area (Å²) in [4.78, 5) is 2.40. The minimum atomic E-state index is 0.323. The molecule has 0 radical (unpaired) electrons. The molecule has 108 valence electrons. The first-order valence-electron chi connectivity index (χ1n) is 7.64. The molecular formula is C15H26N2O2. The van der Waals surface area contributed by atoms with Crippen LogP contribution in [0.1, 0.15) is 45.4 Å². The fourth-order valence-corrected chi connectivity index (χ4v) is 2.93. The van der Waals surface area contributed by atoms with E-state index in [0.29, 0.717) is 24.7 Å². The van der Waals surface area contributed by atoms with E-state index in [1.54, 1.807) is 0 Å². The molecular weight excluding hydrogens is 240 g/mol. The number of hydrogen-bond acceptors (Lipinski definition) is 4. The van der Waals surface area contributed by atoms with Crippen LogP contribution in [0.15, 0.2) is 0 Å². The number of likely N-dealkylation sites (tertiary alicyclic amines) is 1. The predicted molar refractivity (Wildman–Crippen MR) is 73.8 cm³/mol. The van der Waals surface area contributed by atoms with Gasteiger partial charge in [0.2, 0.25) is 0 Å². The molecule has 4 nitrogen and oxygen atoms in total. The molecule has 0 amide bonds. The van der Waals surface area contributed by atoms with Gasteiger partial charge >= 0.3 is 0 Å². The van der Waals surface area contributed by atoms with Crippen LogP contribution >= 0.6 is 0 Å². The van der Waals surface area contributed by atoms with E-state index in [0.717, 1.165) is 45.6 Å². The van der Waals surface area contributed by atoms with Gasteiger partial charge < -0.3 is 9.47 Å². The molecule has 0 spiro atoms. The van der Waals surface area contributed by atoms with Crippen molar-refractivity contribution in [3.63, 3.8) is 0 Å². The molecule has 2 fully saturated rings. The summed E-state index contributed by atoms with van der Waals surface area (Å²) in [5, 5.41) is 8.73. The number of rotatable bonds is 5. The highest BCUT2D eigenvalue weighted by atomic mass is 16.5. The standard InChI is InChI=1S/C15H26N2O2/c1-13(5-8-16)17-9-6-14(7-10-17)19-12-15-4-2-3-11-18-15/h13-15H,2-7,9-12H2,1H3/t13-,15+/m1/s1. The summed E-state index contributed by atoms with van der Waals surface area (Å²) >= 11 is 0. The molecule has 0 aliphatic carbocycles. The van der Waals surface area contributed by atoms with Crippen molar-refractivity contribution in [2.24, 2.45) is 0 Å². The van der Waals surface area contributed by atoms with Crippen molar-refractivity contribution in [2.45, 2.75) is 63.7 Å². The maximum atomic E-state index is 8.73. The van der Waals surface area contributed by atoms with Crippen LogP contribution in [-0.4, -0.2) is 49.5 Å². The number of nitrogens with zero attached hydrogens (tertiary/aromatic N) is 2. The summed E-state index contributed by atoms with van der Waals surface area (Å²) in [6, 6.07) is 2.64. The van der Waals surface area contributed by atoms with Gasteiger partial charge in [-0.3, -0.25) is 4.90 Å². The van der Waals surface area contributed by atoms with Gasteiger partial charge in [-0.25, -0.2) is 0 Å². The number of hydrogen-bond donors (Lipinski definition) is 0. The monoisotopic (exact) mass is 266 g/mol. The Bertz CT molecular complexity index is 289. The molecule has 0 N–H and O–H groups in total. The zero-order valence-electron chi connectivity index (χ0n) is 12.0. The first kappa shape index (κ1) is 14.8. The summed E-state index contributed by atoms with van der Waals surface area (Å²) in [6.45, 7) is 5.91. The van der Waals surface area contributed by atoms with Crippen molar-refractivity contribution in [3.8, 4) is 6.07 Å². The van der Waals surface area contributed by atoms with Crippen LogP contribution in [-0.2, 0) is 9.47 Å². The second-order valence-corrected chi connectivity index (χ2v) is 5.77. The molecule has 0 aromatic rings. The predicted octanol–water partition coefficient (Wildman–Crippen LogP) is 2.34. The van der Waals surface area contributed by atoms with E-state index in [9.17, 15) is 0 Å². The highest BCUT2D eigenvalue weighted by molar-refractivity contribution is 4.83. The SMILES string of the molecule is C[C@H](CC#N)N1CCC(OC[C@@H]2CCCCO2)CC1. The molecule has 2 rings (SSSR count). The van der Waals surface area contributed by atoms with Crippen LogP contribution in [0.2, 0.25) is 0 Å². The Morgan fingerprint density at radius 3 is 2.74 bits per heavy atom. The zero-order chi connectivity index (χ0) is 13.5. The topological polar surface area (TPSA) is 45.5 Å². The van der Waals surface area contributed by atoms with Crippen molar-refractivity contribution in [3.05, 3.63) is 0 Å². The minimum Gasteiger partial charge on any atom is -0.376 e. The highest BCUT2D eigenvalue weighted by Crippen LogP contribution is 2.19. The molecule has 0 aromatic carbocycles. The quantitative estimate of drug-likeness (QED) is 0.766. The van der Waals surface area contributed by atoms with E-state index < -0.39 is 0 Å². The molecule has 2 atom stereocenters. The Morgan fingerprint density at radius 1 is 1.32 bits per heavy atom. The van der Waals surface area contributed by atoms with E-state index in [4.69, 9.17) is 14.7 Å². The van der Waals surface area contributed by atoms with Crippen molar-refractivity contribution in [1.29, 1.82) is 5.26 Å². The van der Waals surface area contributed by atoms with Crippen LogP contribution in [0.4, 0.5) is 0 Å². The second kappa shape index (κ2) is 7.84. The largest absolute Gasteiger partial charge is 0.376 e. The molecule has 0 saturated carbocycles. The summed E-state index contributed by atoms with van der Waals surface area (Å²) < 4.78 is 11.7. The molecule has 4 heteroatoms. The van der Waals surface area contributed by atoms with E-state index in [1.165, 1.54) is 12.8 Å². The average Bonchev–Trinajstić information content (AvgIpc) is 2.47. The van der Waals surface area contributed by atoms with Gasteiger partial charge in [0.05, 0.1) is 31.3 Å². The Kier molecular flexibility index (Phi) is 6.09. The second-order valence-electron chi connectivity index (χ2n) is 5.77. The lowest BCUT2D eigenvalue weighted by atomic mass is 10.0. The molecule has 2 aliphatic heterocycles. The normalized spacial score (nSPS) is 27.9. The van der Waals surface area contributed by atoms with E-state index in [1.807, 2.05) is 0 Å². The Balaban J connectivity index is 1.62. The van der Waals surface area contributed by atoms with Crippen molar-refractivity contribution in [2.75, 3.05) is 26.3 Å². The third kappa shape index (κ3) is 4.76. The summed E-state index contributed by atoms with van der Waals surface area (Å²) in [5.41, 5.74) is 0. The van der Waals surface area contributed by atoms with Gasteiger partial charge in [-0.2, -0.15) is 5.26 Å². The van der Waals surface area contributed by atoms with Gasteiger partial charge in [-0.05, 0) is 39.0 Å². The molecule has 2 saturated heterocycles. The first-order valence-corrected chi connectivity index (χ1v) is 7.64. The van der Waals surface area contributed by atoms with Gasteiger partial charge in [0.25, 0.3) is 0 Å². The molecule has 0 unspecified atom stereocenters. The van der Waals surface area contributed by atoms with Crippen LogP contribution < -0.4 is 0 Å². The van der Waals surface area contributed by atoms with E-state index in [-0.39, 0.29) is 0 Å². The van der Waals surface area contributed by atoms with Crippen LogP contribution in [0, 0.1) is 11.3 Å². The lowest BCUT2D eigenvalue weighted by Gasteiger charge is -2.35. The Morgan fingerprint density at radius 2 is 2.11 bits per heavy atom. The van der Waals surface area contributed by atoms with Gasteiger partial charge in [-0.1, -0.05) is 0 Å². The van der Waals surface area contributed by atoms with Gasteiger partial charge in [0.15, 0.2) is 0 Å². The fourth-order valence-electron chi connectivity index (χ4n) is 2.93. The lowest BCUT2D eigenvalue weighted by molar-refractivity contribution is -0.0766. The van der Waals surface area contributed by atoms with Gasteiger partial charge in [0, 0.05) is 25.7 Å². The van der Waals surface area contributed by atoms with Crippen LogP contribution in [0.3, 0.4) is 0 Å². The smallest absolute Gasteiger partial charge is 0.0808 e. The number of ether oxygens (including phenoxy) is 2. The van der Waals surface area contributed by atoms with Crippen molar-refractivity contribution >= 4 is 0 Å². The molecule has 19 heavy (non-hydrogen) atoms. The lowest BCUT2D eigenvalue weighted by Crippen LogP contribution is -2.42. The summed E-state index contributed by atoms with van der Waals surface area (Å²) in [6.07, 6.45) is 7.13. The Labute approximate surface area is 116 Å². The maximum Gasteiger partial charge on any atom is 0.0808 e. The summed E-state index contributed by atoms with van der Waals surface area (Å²) in [7, 11) is 0. The van der Waals surface area contributed by atoms with Crippen LogP contribution in [0.5, 0.6) is 0 Å². The van der Waals surface area contributed by atoms with Gasteiger partial charge in [-0.15, -0.1) is 0 Å². The maximum absolute atomic E-state index is 8.73. The Hall–Kier alpha value is -0.630. The molecule has 0 aromatic heterocycles. The van der Waals surface area contributed by atoms with Gasteiger partial charge in [0.1, 0.15) is 0 Å². The highest BCUT2D eigenvalue weighted by Gasteiger charge is 2.24. The van der Waals surface area contributed by atoms with Crippen LogP contribution in [0.25, 0.3) is 0 Å². The molecule has 2 aliphatic rings. The minimum absolute atomic E-state index is 0.323. The van der Waals surface area contributed by atoms with Crippen molar-refractivity contribution < 1.29 is 9.47 Å². The number of nitriles is 1. The third-order valence-corrected chi connectivity index (χ3v) is 4.28. The summed E-state index contributed by atoms with van der Waals surface area (Å²) in [5.74, 6) is 0. The van der Waals surface area contributed by atoms with Crippen molar-refractivity contribution in [1.82, 2.24) is 4.90 Å². The fraction of sp³-hybridized carbons (Fsp3) is 0.933. The molecule has 0 bridgehead atoms. The zero-order valence-corrected chi connectivity index (χ0v) is 12.0. The first-order chi connectivity index (χ1) is 9.29. The third-order valence-electron chi connectivity index (χ3n) is 4.28.